The summed E-state index contributed by atoms with van der Waals surface area (Å²) in [6.45, 7) is 0.675. The molecule has 0 radical (unpaired) electrons. The van der Waals surface area contributed by atoms with Gasteiger partial charge in [0.15, 0.2) is 5.79 Å². The fourth-order valence-electron chi connectivity index (χ4n) is 4.79. The number of hydrogen-bond donors (Lipinski definition) is 2. The quantitative estimate of drug-likeness (QED) is 0.371. The normalized spacial score (nSPS) is 17.5. The van der Waals surface area contributed by atoms with Crippen molar-refractivity contribution in [1.29, 1.82) is 5.26 Å². The molecule has 2 aliphatic heterocycles. The summed E-state index contributed by atoms with van der Waals surface area (Å²) in [6.07, 6.45) is 0.169. The maximum atomic E-state index is 14.3. The summed E-state index contributed by atoms with van der Waals surface area (Å²) >= 11 is 3.42. The molecule has 12 heteroatoms. The molecule has 1 aromatic heterocycles. The first-order chi connectivity index (χ1) is 19.3. The van der Waals surface area contributed by atoms with Gasteiger partial charge in [0, 0.05) is 31.4 Å². The first kappa shape index (κ1) is 28.2. The molecule has 0 aliphatic carbocycles. The van der Waals surface area contributed by atoms with Crippen molar-refractivity contribution in [2.45, 2.75) is 24.8 Å². The standard InChI is InChI=1S/C28H24FIN4O5S/c29-21-2-1-3-22(30)25(21)18-4-6-19(7-5-18)26(36)33-14-24(35)34-16-28(38-8-9-39-28)11-23(34)27(37)32-13-20-10-17(12-31)15-40-20/h1-7,10,15,23H,8-9,11,13-14,16H2,(H,32,37)(H,33,36)/t23-/m0/s1. The maximum absolute atomic E-state index is 14.3. The number of rotatable bonds is 7. The Labute approximate surface area is 247 Å². The fraction of sp³-hybridized carbons (Fsp3) is 0.286. The highest BCUT2D eigenvalue weighted by atomic mass is 127. The Morgan fingerprint density at radius 2 is 1.90 bits per heavy atom. The molecule has 3 heterocycles. The Balaban J connectivity index is 1.22. The van der Waals surface area contributed by atoms with Gasteiger partial charge in [0.05, 0.1) is 38.4 Å². The molecule has 2 N–H and O–H groups in total. The average molecular weight is 674 g/mol. The smallest absolute Gasteiger partial charge is 0.251 e. The predicted octanol–water partition coefficient (Wildman–Crippen LogP) is 3.42. The number of likely N-dealkylation sites (tertiary alicyclic amines) is 1. The Kier molecular flexibility index (Phi) is 8.46. The molecular formula is C28H24FIN4O5S. The van der Waals surface area contributed by atoms with E-state index in [1.165, 1.54) is 22.3 Å². The third-order valence-electron chi connectivity index (χ3n) is 6.75. The summed E-state index contributed by atoms with van der Waals surface area (Å²) in [7, 11) is 0. The van der Waals surface area contributed by atoms with Crippen molar-refractivity contribution in [2.75, 3.05) is 26.3 Å². The average Bonchev–Trinajstić information content (AvgIpc) is 3.71. The fourth-order valence-corrected chi connectivity index (χ4v) is 6.31. The first-order valence-electron chi connectivity index (χ1n) is 12.4. The minimum Gasteiger partial charge on any atom is -0.349 e. The molecule has 2 aromatic carbocycles. The van der Waals surface area contributed by atoms with Gasteiger partial charge in [0.1, 0.15) is 17.9 Å². The highest BCUT2D eigenvalue weighted by molar-refractivity contribution is 14.1. The Morgan fingerprint density at radius 3 is 2.58 bits per heavy atom. The van der Waals surface area contributed by atoms with E-state index in [9.17, 15) is 18.8 Å². The molecule has 3 amide bonds. The van der Waals surface area contributed by atoms with Gasteiger partial charge in [-0.05, 0) is 58.5 Å². The van der Waals surface area contributed by atoms with Crippen LogP contribution in [0.15, 0.2) is 53.9 Å². The van der Waals surface area contributed by atoms with Crippen LogP contribution in [0.5, 0.6) is 0 Å². The highest BCUT2D eigenvalue weighted by Gasteiger charge is 2.52. The zero-order valence-electron chi connectivity index (χ0n) is 21.1. The van der Waals surface area contributed by atoms with E-state index < -0.39 is 23.6 Å². The molecule has 1 atom stereocenters. The number of nitrogens with zero attached hydrogens (tertiary/aromatic N) is 2. The molecule has 2 fully saturated rings. The second-order valence-electron chi connectivity index (χ2n) is 9.34. The van der Waals surface area contributed by atoms with E-state index in [1.807, 2.05) is 0 Å². The number of benzene rings is 2. The summed E-state index contributed by atoms with van der Waals surface area (Å²) in [5.74, 6) is -2.71. The third-order valence-corrected chi connectivity index (χ3v) is 8.58. The van der Waals surface area contributed by atoms with Crippen LogP contribution >= 0.6 is 33.9 Å². The van der Waals surface area contributed by atoms with Gasteiger partial charge in [-0.25, -0.2) is 4.39 Å². The zero-order chi connectivity index (χ0) is 28.3. The lowest BCUT2D eigenvalue weighted by atomic mass is 10.0. The number of halogens is 2. The maximum Gasteiger partial charge on any atom is 0.251 e. The molecular weight excluding hydrogens is 650 g/mol. The highest BCUT2D eigenvalue weighted by Crippen LogP contribution is 2.35. The van der Waals surface area contributed by atoms with Gasteiger partial charge < -0.3 is 25.0 Å². The van der Waals surface area contributed by atoms with Crippen LogP contribution in [-0.2, 0) is 25.6 Å². The van der Waals surface area contributed by atoms with Crippen molar-refractivity contribution >= 4 is 51.6 Å². The SMILES string of the molecule is N#Cc1csc(CNC(=O)[C@@H]2CC3(CN2C(=O)CNC(=O)c2ccc(-c4c(F)cccc4I)cc2)OCCO3)c1. The Bertz CT molecular complexity index is 1460. The van der Waals surface area contributed by atoms with Gasteiger partial charge in [-0.1, -0.05) is 18.2 Å². The first-order valence-corrected chi connectivity index (χ1v) is 14.4. The molecule has 0 unspecified atom stereocenters. The van der Waals surface area contributed by atoms with Gasteiger partial charge in [-0.15, -0.1) is 11.3 Å². The van der Waals surface area contributed by atoms with Crippen LogP contribution in [0.1, 0.15) is 27.2 Å². The monoisotopic (exact) mass is 674 g/mol. The Hall–Kier alpha value is -3.38. The summed E-state index contributed by atoms with van der Waals surface area (Å²) in [4.78, 5) is 41.3. The molecule has 206 valence electrons. The van der Waals surface area contributed by atoms with Crippen LogP contribution in [0, 0.1) is 20.7 Å². The number of amides is 3. The van der Waals surface area contributed by atoms with Crippen molar-refractivity contribution in [1.82, 2.24) is 15.5 Å². The van der Waals surface area contributed by atoms with Crippen molar-refractivity contribution in [3.05, 3.63) is 79.3 Å². The number of hydrogen-bond acceptors (Lipinski definition) is 7. The minimum absolute atomic E-state index is 0.0628. The molecule has 2 aliphatic rings. The van der Waals surface area contributed by atoms with Crippen molar-refractivity contribution < 1.29 is 28.2 Å². The lowest BCUT2D eigenvalue weighted by Gasteiger charge is -2.24. The van der Waals surface area contributed by atoms with E-state index in [2.05, 4.69) is 39.3 Å². The second kappa shape index (κ2) is 12.0. The zero-order valence-corrected chi connectivity index (χ0v) is 24.1. The van der Waals surface area contributed by atoms with Crippen LogP contribution in [0.3, 0.4) is 0 Å². The van der Waals surface area contributed by atoms with Crippen molar-refractivity contribution in [3.8, 4) is 17.2 Å². The minimum atomic E-state index is -1.06. The van der Waals surface area contributed by atoms with Gasteiger partial charge >= 0.3 is 0 Å². The number of carbonyl (C=O) groups is 3. The summed E-state index contributed by atoms with van der Waals surface area (Å²) in [5.41, 5.74) is 1.92. The van der Waals surface area contributed by atoms with Gasteiger partial charge in [0.2, 0.25) is 11.8 Å². The van der Waals surface area contributed by atoms with E-state index in [-0.39, 0.29) is 37.8 Å². The summed E-state index contributed by atoms with van der Waals surface area (Å²) in [6, 6.07) is 14.2. The molecule has 9 nitrogen and oxygen atoms in total. The van der Waals surface area contributed by atoms with E-state index >= 15 is 0 Å². The molecule has 2 saturated heterocycles. The van der Waals surface area contributed by atoms with Crippen LogP contribution in [0.25, 0.3) is 11.1 Å². The molecule has 3 aromatic rings. The largest absolute Gasteiger partial charge is 0.349 e. The lowest BCUT2D eigenvalue weighted by Crippen LogP contribution is -2.49. The summed E-state index contributed by atoms with van der Waals surface area (Å²) < 4.78 is 26.6. The van der Waals surface area contributed by atoms with E-state index in [4.69, 9.17) is 14.7 Å². The van der Waals surface area contributed by atoms with E-state index in [0.29, 0.717) is 35.5 Å². The number of thiophene rings is 1. The van der Waals surface area contributed by atoms with Crippen LogP contribution in [0.2, 0.25) is 0 Å². The van der Waals surface area contributed by atoms with Crippen LogP contribution < -0.4 is 10.6 Å². The van der Waals surface area contributed by atoms with Crippen LogP contribution in [0.4, 0.5) is 4.39 Å². The number of nitriles is 1. The number of ether oxygens (including phenoxy) is 2. The Morgan fingerprint density at radius 1 is 1.15 bits per heavy atom. The molecule has 5 rings (SSSR count). The second-order valence-corrected chi connectivity index (χ2v) is 11.5. The molecule has 1 spiro atoms. The van der Waals surface area contributed by atoms with Crippen LogP contribution in [-0.4, -0.2) is 60.8 Å². The predicted molar refractivity (Wildman–Crippen MR) is 153 cm³/mol. The van der Waals surface area contributed by atoms with Gasteiger partial charge in [0.25, 0.3) is 5.91 Å². The lowest BCUT2D eigenvalue weighted by molar-refractivity contribution is -0.152. The van der Waals surface area contributed by atoms with Gasteiger partial charge in [-0.3, -0.25) is 14.4 Å². The van der Waals surface area contributed by atoms with Crippen molar-refractivity contribution in [3.63, 3.8) is 0 Å². The number of nitrogens with one attached hydrogen (secondary N) is 2. The van der Waals surface area contributed by atoms with Crippen molar-refractivity contribution in [2.24, 2.45) is 0 Å². The third kappa shape index (κ3) is 6.02. The van der Waals surface area contributed by atoms with E-state index in [1.54, 1.807) is 47.8 Å². The van der Waals surface area contributed by atoms with Gasteiger partial charge in [-0.2, -0.15) is 5.26 Å². The number of carbonyl (C=O) groups excluding carboxylic acids is 3. The molecule has 0 saturated carbocycles. The molecule has 0 bridgehead atoms. The summed E-state index contributed by atoms with van der Waals surface area (Å²) in [5, 5.41) is 16.2. The van der Waals surface area contributed by atoms with E-state index in [0.717, 1.165) is 8.45 Å². The molecule has 40 heavy (non-hydrogen) atoms. The topological polar surface area (TPSA) is 121 Å².